The number of hydrogen-bond donors (Lipinski definition) is 1. The molecule has 10 heteroatoms. The average molecular weight is 485 g/mol. The first kappa shape index (κ1) is 24.4. The van der Waals surface area contributed by atoms with Gasteiger partial charge in [0, 0.05) is 49.6 Å². The lowest BCUT2D eigenvalue weighted by atomic mass is 10.2. The molecule has 2 amide bonds. The van der Waals surface area contributed by atoms with Crippen LogP contribution in [0.1, 0.15) is 40.4 Å². The second-order valence-corrected chi connectivity index (χ2v) is 10.00. The van der Waals surface area contributed by atoms with E-state index in [2.05, 4.69) is 16.4 Å². The number of piperazine rings is 1. The van der Waals surface area contributed by atoms with Gasteiger partial charge in [0.15, 0.2) is 0 Å². The molecular formula is C24H32N6O3S. The lowest BCUT2D eigenvalue weighted by Crippen LogP contribution is -2.50. The highest BCUT2D eigenvalue weighted by Gasteiger charge is 2.26. The summed E-state index contributed by atoms with van der Waals surface area (Å²) < 4.78 is 7.80. The molecule has 0 unspecified atom stereocenters. The first-order chi connectivity index (χ1) is 16.4. The van der Waals surface area contributed by atoms with Crippen molar-refractivity contribution in [2.45, 2.75) is 52.7 Å². The van der Waals surface area contributed by atoms with Gasteiger partial charge in [0.25, 0.3) is 0 Å². The predicted molar refractivity (Wildman–Crippen MR) is 130 cm³/mol. The maximum absolute atomic E-state index is 12.9. The third-order valence-corrected chi connectivity index (χ3v) is 7.64. The van der Waals surface area contributed by atoms with Crippen LogP contribution in [0.4, 0.5) is 5.82 Å². The van der Waals surface area contributed by atoms with Crippen molar-refractivity contribution in [2.75, 3.05) is 44.6 Å². The Kier molecular flexibility index (Phi) is 7.66. The Morgan fingerprint density at radius 3 is 2.65 bits per heavy atom. The van der Waals surface area contributed by atoms with Crippen LogP contribution in [0.15, 0.2) is 5.38 Å². The Bertz CT molecular complexity index is 1090. The number of thiazole rings is 1. The Morgan fingerprint density at radius 2 is 2.03 bits per heavy atom. The van der Waals surface area contributed by atoms with Crippen LogP contribution in [0.25, 0.3) is 0 Å². The summed E-state index contributed by atoms with van der Waals surface area (Å²) in [7, 11) is 0. The molecule has 2 aliphatic heterocycles. The average Bonchev–Trinajstić information content (AvgIpc) is 3.52. The number of aromatic nitrogens is 2. The van der Waals surface area contributed by atoms with Gasteiger partial charge in [0.05, 0.1) is 31.2 Å². The summed E-state index contributed by atoms with van der Waals surface area (Å²) >= 11 is 1.51. The molecule has 0 radical (unpaired) electrons. The van der Waals surface area contributed by atoms with Crippen molar-refractivity contribution in [3.8, 4) is 6.07 Å². The van der Waals surface area contributed by atoms with Gasteiger partial charge < -0.3 is 19.5 Å². The smallest absolute Gasteiger partial charge is 0.239 e. The Balaban J connectivity index is 1.33. The summed E-state index contributed by atoms with van der Waals surface area (Å²) in [5.41, 5.74) is 3.32. The van der Waals surface area contributed by atoms with Gasteiger partial charge in [0.2, 0.25) is 11.8 Å². The van der Waals surface area contributed by atoms with Gasteiger partial charge in [-0.05, 0) is 39.2 Å². The molecule has 0 aliphatic carbocycles. The Hall–Kier alpha value is -2.74. The van der Waals surface area contributed by atoms with Gasteiger partial charge in [-0.1, -0.05) is 0 Å². The van der Waals surface area contributed by atoms with E-state index in [1.54, 1.807) is 0 Å². The maximum atomic E-state index is 12.9. The summed E-state index contributed by atoms with van der Waals surface area (Å²) in [6, 6.07) is 2.26. The van der Waals surface area contributed by atoms with E-state index in [0.717, 1.165) is 41.4 Å². The van der Waals surface area contributed by atoms with Gasteiger partial charge in [-0.15, -0.1) is 11.3 Å². The van der Waals surface area contributed by atoms with Crippen molar-refractivity contribution in [3.05, 3.63) is 32.9 Å². The first-order valence-corrected chi connectivity index (χ1v) is 12.7. The molecule has 0 bridgehead atoms. The fourth-order valence-electron chi connectivity index (χ4n) is 4.61. The quantitative estimate of drug-likeness (QED) is 0.647. The molecule has 4 heterocycles. The summed E-state index contributed by atoms with van der Waals surface area (Å²) in [4.78, 5) is 33.8. The van der Waals surface area contributed by atoms with E-state index in [0.29, 0.717) is 50.5 Å². The minimum Gasteiger partial charge on any atom is -0.376 e. The first-order valence-electron chi connectivity index (χ1n) is 11.8. The van der Waals surface area contributed by atoms with Crippen LogP contribution in [-0.4, -0.2) is 76.6 Å². The number of nitrogens with zero attached hydrogens (tertiary/aromatic N) is 5. The Morgan fingerprint density at radius 1 is 1.26 bits per heavy atom. The van der Waals surface area contributed by atoms with Gasteiger partial charge in [0.1, 0.15) is 16.9 Å². The molecular weight excluding hydrogens is 452 g/mol. The summed E-state index contributed by atoms with van der Waals surface area (Å²) in [6.45, 7) is 9.88. The maximum Gasteiger partial charge on any atom is 0.239 e. The molecule has 4 rings (SSSR count). The minimum atomic E-state index is -0.152. The minimum absolute atomic E-state index is 0.0787. The summed E-state index contributed by atoms with van der Waals surface area (Å²) in [5.74, 6) is 0.487. The van der Waals surface area contributed by atoms with Gasteiger partial charge in [-0.2, -0.15) is 5.26 Å². The van der Waals surface area contributed by atoms with Crippen LogP contribution in [-0.2, 0) is 27.3 Å². The normalized spacial score (nSPS) is 18.8. The van der Waals surface area contributed by atoms with Gasteiger partial charge >= 0.3 is 0 Å². The molecule has 2 aromatic rings. The molecule has 9 nitrogen and oxygen atoms in total. The second kappa shape index (κ2) is 10.7. The molecule has 34 heavy (non-hydrogen) atoms. The van der Waals surface area contributed by atoms with E-state index < -0.39 is 0 Å². The van der Waals surface area contributed by atoms with Crippen molar-refractivity contribution in [1.82, 2.24) is 19.4 Å². The highest BCUT2D eigenvalue weighted by Crippen LogP contribution is 2.28. The largest absolute Gasteiger partial charge is 0.376 e. The van der Waals surface area contributed by atoms with Crippen LogP contribution in [0.3, 0.4) is 0 Å². The van der Waals surface area contributed by atoms with Crippen molar-refractivity contribution >= 4 is 29.0 Å². The topological polar surface area (TPSA) is 103 Å². The lowest BCUT2D eigenvalue weighted by Gasteiger charge is -2.34. The zero-order valence-electron chi connectivity index (χ0n) is 20.1. The van der Waals surface area contributed by atoms with Crippen molar-refractivity contribution < 1.29 is 14.3 Å². The SMILES string of the molecule is Cc1csc(CC(=O)N2CCN(CC(=O)Nc3c(C#N)c(C)c(C)n3C[C@@H]3CCCO3)CC2)n1. The number of carbonyl (C=O) groups excluding carboxylic acids is 2. The number of anilines is 1. The molecule has 2 aliphatic rings. The predicted octanol–water partition coefficient (Wildman–Crippen LogP) is 2.25. The van der Waals surface area contributed by atoms with Crippen LogP contribution in [0, 0.1) is 32.1 Å². The molecule has 2 aromatic heterocycles. The van der Waals surface area contributed by atoms with Gasteiger partial charge in [-0.25, -0.2) is 4.98 Å². The standard InChI is InChI=1S/C24H32N6O3S/c1-16-15-34-22(26-16)11-23(32)29-8-6-28(7-9-29)14-21(31)27-24-20(12-25)17(2)18(3)30(24)13-19-5-4-10-33-19/h15,19H,4-11,13-14H2,1-3H3,(H,27,31)/t19-/m0/s1. The third-order valence-electron chi connectivity index (χ3n) is 6.67. The molecule has 0 saturated carbocycles. The number of hydrogen-bond acceptors (Lipinski definition) is 7. The van der Waals surface area contributed by atoms with Crippen molar-refractivity contribution in [1.29, 1.82) is 5.26 Å². The van der Waals surface area contributed by atoms with Crippen molar-refractivity contribution in [2.24, 2.45) is 0 Å². The number of nitriles is 1. The van der Waals surface area contributed by atoms with E-state index in [1.165, 1.54) is 11.3 Å². The monoisotopic (exact) mass is 484 g/mol. The number of nitrogens with one attached hydrogen (secondary N) is 1. The number of rotatable bonds is 7. The molecule has 0 aromatic carbocycles. The van der Waals surface area contributed by atoms with Crippen molar-refractivity contribution in [3.63, 3.8) is 0 Å². The van der Waals surface area contributed by atoms with Crippen LogP contribution < -0.4 is 5.32 Å². The van der Waals surface area contributed by atoms with Crippen LogP contribution in [0.2, 0.25) is 0 Å². The number of carbonyl (C=O) groups is 2. The second-order valence-electron chi connectivity index (χ2n) is 9.06. The van der Waals surface area contributed by atoms with E-state index in [4.69, 9.17) is 4.74 Å². The van der Waals surface area contributed by atoms with Crippen LogP contribution >= 0.6 is 11.3 Å². The number of amides is 2. The fraction of sp³-hybridized carbons (Fsp3) is 0.583. The molecule has 1 N–H and O–H groups in total. The van der Waals surface area contributed by atoms with E-state index in [1.807, 2.05) is 40.5 Å². The van der Waals surface area contributed by atoms with Gasteiger partial charge in [-0.3, -0.25) is 14.5 Å². The molecule has 182 valence electrons. The molecule has 2 fully saturated rings. The lowest BCUT2D eigenvalue weighted by molar-refractivity contribution is -0.132. The molecule has 0 spiro atoms. The summed E-state index contributed by atoms with van der Waals surface area (Å²) in [6.07, 6.45) is 2.45. The number of ether oxygens (including phenoxy) is 1. The number of aryl methyl sites for hydroxylation is 1. The fourth-order valence-corrected chi connectivity index (χ4v) is 5.37. The zero-order chi connectivity index (χ0) is 24.2. The highest BCUT2D eigenvalue weighted by molar-refractivity contribution is 7.09. The molecule has 2 saturated heterocycles. The molecule has 1 atom stereocenters. The zero-order valence-corrected chi connectivity index (χ0v) is 20.9. The van der Waals surface area contributed by atoms with E-state index in [-0.39, 0.29) is 24.5 Å². The van der Waals surface area contributed by atoms with E-state index in [9.17, 15) is 14.9 Å². The highest BCUT2D eigenvalue weighted by atomic mass is 32.1. The van der Waals surface area contributed by atoms with E-state index >= 15 is 0 Å². The summed E-state index contributed by atoms with van der Waals surface area (Å²) in [5, 5.41) is 15.5. The third kappa shape index (κ3) is 5.49. The Labute approximate surface area is 204 Å². The van der Waals surface area contributed by atoms with Crippen LogP contribution in [0.5, 0.6) is 0 Å².